The highest BCUT2D eigenvalue weighted by Gasteiger charge is 2.19. The molecule has 0 bridgehead atoms. The van der Waals surface area contributed by atoms with Gasteiger partial charge in [0.15, 0.2) is 0 Å². The Bertz CT molecular complexity index is 547. The predicted molar refractivity (Wildman–Crippen MR) is 66.6 cm³/mol. The number of esters is 1. The molecule has 1 amide bonds. The van der Waals surface area contributed by atoms with Crippen molar-refractivity contribution in [2.75, 3.05) is 20.7 Å². The molecule has 0 aliphatic carbocycles. The maximum absolute atomic E-state index is 13.6. The van der Waals surface area contributed by atoms with E-state index in [1.54, 1.807) is 0 Å². The number of amides is 1. The van der Waals surface area contributed by atoms with Crippen molar-refractivity contribution >= 4 is 17.6 Å². The number of benzene rings is 1. The third kappa shape index (κ3) is 3.74. The average molecular weight is 284 g/mol. The Kier molecular flexibility index (Phi) is 5.13. The summed E-state index contributed by atoms with van der Waals surface area (Å²) >= 11 is 0. The van der Waals surface area contributed by atoms with Crippen LogP contribution in [-0.2, 0) is 9.53 Å². The average Bonchev–Trinajstić information content (AvgIpc) is 2.43. The fourth-order valence-corrected chi connectivity index (χ4v) is 1.46. The molecular formula is C12H13FN2O5. The summed E-state index contributed by atoms with van der Waals surface area (Å²) in [6.45, 7) is 0.0575. The third-order valence-electron chi connectivity index (χ3n) is 2.62. The van der Waals surface area contributed by atoms with Gasteiger partial charge < -0.3 is 9.64 Å². The van der Waals surface area contributed by atoms with Crippen molar-refractivity contribution < 1.29 is 23.6 Å². The highest BCUT2D eigenvalue weighted by atomic mass is 19.1. The molecule has 0 saturated heterocycles. The molecule has 0 heterocycles. The van der Waals surface area contributed by atoms with Gasteiger partial charge in [-0.15, -0.1) is 0 Å². The minimum Gasteiger partial charge on any atom is -0.469 e. The number of halogens is 1. The molecule has 8 heteroatoms. The van der Waals surface area contributed by atoms with Crippen LogP contribution >= 0.6 is 0 Å². The van der Waals surface area contributed by atoms with Gasteiger partial charge in [-0.05, 0) is 6.07 Å². The van der Waals surface area contributed by atoms with E-state index < -0.39 is 28.3 Å². The molecule has 108 valence electrons. The van der Waals surface area contributed by atoms with Crippen LogP contribution in [0.15, 0.2) is 18.2 Å². The molecule has 0 atom stereocenters. The Morgan fingerprint density at radius 1 is 1.45 bits per heavy atom. The summed E-state index contributed by atoms with van der Waals surface area (Å²) in [5.74, 6) is -2.13. The Labute approximate surface area is 114 Å². The van der Waals surface area contributed by atoms with Gasteiger partial charge in [0.2, 0.25) is 0 Å². The van der Waals surface area contributed by atoms with Crippen LogP contribution in [0.1, 0.15) is 16.8 Å². The quantitative estimate of drug-likeness (QED) is 0.462. The number of methoxy groups -OCH3 is 1. The summed E-state index contributed by atoms with van der Waals surface area (Å²) in [6.07, 6.45) is -0.0205. The van der Waals surface area contributed by atoms with Crippen molar-refractivity contribution in [3.63, 3.8) is 0 Å². The van der Waals surface area contributed by atoms with Crippen molar-refractivity contribution in [2.24, 2.45) is 0 Å². The van der Waals surface area contributed by atoms with Crippen LogP contribution in [0, 0.1) is 15.9 Å². The van der Waals surface area contributed by atoms with Crippen molar-refractivity contribution in [2.45, 2.75) is 6.42 Å². The molecule has 0 aromatic heterocycles. The number of hydrogen-bond acceptors (Lipinski definition) is 5. The van der Waals surface area contributed by atoms with Crippen LogP contribution in [0.2, 0.25) is 0 Å². The number of hydrogen-bond donors (Lipinski definition) is 0. The normalized spacial score (nSPS) is 9.95. The van der Waals surface area contributed by atoms with Crippen LogP contribution < -0.4 is 0 Å². The molecule has 0 unspecified atom stereocenters. The molecule has 0 radical (unpaired) electrons. The molecule has 0 saturated carbocycles. The number of ether oxygens (including phenoxy) is 1. The topological polar surface area (TPSA) is 89.8 Å². The zero-order valence-corrected chi connectivity index (χ0v) is 11.0. The molecule has 0 fully saturated rings. The lowest BCUT2D eigenvalue weighted by Crippen LogP contribution is -2.30. The zero-order chi connectivity index (χ0) is 15.3. The van der Waals surface area contributed by atoms with Crippen LogP contribution in [0.4, 0.5) is 10.1 Å². The van der Waals surface area contributed by atoms with Gasteiger partial charge in [0.05, 0.1) is 30.1 Å². The number of rotatable bonds is 5. The third-order valence-corrected chi connectivity index (χ3v) is 2.62. The maximum atomic E-state index is 13.6. The van der Waals surface area contributed by atoms with Crippen LogP contribution in [-0.4, -0.2) is 42.4 Å². The second-order valence-electron chi connectivity index (χ2n) is 3.97. The van der Waals surface area contributed by atoms with E-state index in [1.165, 1.54) is 14.2 Å². The van der Waals surface area contributed by atoms with Gasteiger partial charge >= 0.3 is 5.97 Å². The summed E-state index contributed by atoms with van der Waals surface area (Å²) in [7, 11) is 2.62. The standard InChI is InChI=1S/C12H13FN2O5/c1-14(6-5-11(16)20-2)12(17)9-4-3-8(15(18)19)7-10(9)13/h3-4,7H,5-6H2,1-2H3. The van der Waals surface area contributed by atoms with E-state index in [0.29, 0.717) is 6.07 Å². The highest BCUT2D eigenvalue weighted by Crippen LogP contribution is 2.17. The smallest absolute Gasteiger partial charge is 0.307 e. The Balaban J connectivity index is 2.81. The first-order valence-electron chi connectivity index (χ1n) is 5.63. The molecule has 0 N–H and O–H groups in total. The molecule has 0 aliphatic heterocycles. The van der Waals surface area contributed by atoms with Gasteiger partial charge in [0, 0.05) is 19.7 Å². The van der Waals surface area contributed by atoms with E-state index in [0.717, 1.165) is 17.0 Å². The first-order valence-corrected chi connectivity index (χ1v) is 5.63. The predicted octanol–water partition coefficient (Wildman–Crippen LogP) is 1.37. The molecule has 0 spiro atoms. The number of non-ortho nitro benzene ring substituents is 1. The van der Waals surface area contributed by atoms with Gasteiger partial charge in [-0.2, -0.15) is 0 Å². The molecular weight excluding hydrogens is 271 g/mol. The van der Waals surface area contributed by atoms with Crippen molar-refractivity contribution in [1.29, 1.82) is 0 Å². The Morgan fingerprint density at radius 3 is 2.60 bits per heavy atom. The molecule has 0 aliphatic rings. The molecule has 1 aromatic carbocycles. The molecule has 20 heavy (non-hydrogen) atoms. The Hall–Kier alpha value is -2.51. The van der Waals surface area contributed by atoms with Gasteiger partial charge in [0.1, 0.15) is 5.82 Å². The summed E-state index contributed by atoms with van der Waals surface area (Å²) in [5.41, 5.74) is -0.723. The van der Waals surface area contributed by atoms with E-state index >= 15 is 0 Å². The Morgan fingerprint density at radius 2 is 2.10 bits per heavy atom. The minimum atomic E-state index is -0.978. The van der Waals surface area contributed by atoms with Gasteiger partial charge in [-0.1, -0.05) is 0 Å². The summed E-state index contributed by atoms with van der Waals surface area (Å²) in [5, 5.41) is 10.5. The SMILES string of the molecule is COC(=O)CCN(C)C(=O)c1ccc([N+](=O)[O-])cc1F. The molecule has 1 rings (SSSR count). The van der Waals surface area contributed by atoms with Gasteiger partial charge in [-0.25, -0.2) is 4.39 Å². The largest absolute Gasteiger partial charge is 0.469 e. The first kappa shape index (κ1) is 15.5. The fraction of sp³-hybridized carbons (Fsp3) is 0.333. The summed E-state index contributed by atoms with van der Waals surface area (Å²) in [6, 6.07) is 2.77. The van der Waals surface area contributed by atoms with E-state index in [1.807, 2.05) is 0 Å². The lowest BCUT2D eigenvalue weighted by atomic mass is 10.1. The number of nitro groups is 1. The highest BCUT2D eigenvalue weighted by molar-refractivity contribution is 5.94. The number of nitro benzene ring substituents is 1. The first-order chi connectivity index (χ1) is 9.36. The lowest BCUT2D eigenvalue weighted by molar-refractivity contribution is -0.385. The van der Waals surface area contributed by atoms with Crippen LogP contribution in [0.25, 0.3) is 0 Å². The van der Waals surface area contributed by atoms with Crippen molar-refractivity contribution in [3.8, 4) is 0 Å². The number of carbonyl (C=O) groups excluding carboxylic acids is 2. The van der Waals surface area contributed by atoms with E-state index in [4.69, 9.17) is 0 Å². The molecule has 7 nitrogen and oxygen atoms in total. The number of nitrogens with zero attached hydrogens (tertiary/aromatic N) is 2. The van der Waals surface area contributed by atoms with Crippen LogP contribution in [0.5, 0.6) is 0 Å². The lowest BCUT2D eigenvalue weighted by Gasteiger charge is -2.16. The molecule has 1 aromatic rings. The summed E-state index contributed by atoms with van der Waals surface area (Å²) in [4.78, 5) is 33.7. The zero-order valence-electron chi connectivity index (χ0n) is 11.0. The van der Waals surface area contributed by atoms with E-state index in [-0.39, 0.29) is 18.5 Å². The van der Waals surface area contributed by atoms with E-state index in [2.05, 4.69) is 4.74 Å². The minimum absolute atomic E-state index is 0.0205. The van der Waals surface area contributed by atoms with Crippen molar-refractivity contribution in [1.82, 2.24) is 4.90 Å². The second kappa shape index (κ2) is 6.60. The van der Waals surface area contributed by atoms with E-state index in [9.17, 15) is 24.1 Å². The van der Waals surface area contributed by atoms with Gasteiger partial charge in [-0.3, -0.25) is 19.7 Å². The monoisotopic (exact) mass is 284 g/mol. The van der Waals surface area contributed by atoms with Crippen LogP contribution in [0.3, 0.4) is 0 Å². The maximum Gasteiger partial charge on any atom is 0.307 e. The van der Waals surface area contributed by atoms with Gasteiger partial charge in [0.25, 0.3) is 11.6 Å². The fourth-order valence-electron chi connectivity index (χ4n) is 1.46. The second-order valence-corrected chi connectivity index (χ2v) is 3.97. The summed E-state index contributed by atoms with van der Waals surface area (Å²) < 4.78 is 18.1. The number of carbonyl (C=O) groups is 2. The van der Waals surface area contributed by atoms with Crippen molar-refractivity contribution in [3.05, 3.63) is 39.7 Å².